The van der Waals surface area contributed by atoms with E-state index in [0.29, 0.717) is 17.8 Å². The molecular weight excluding hydrogens is 580 g/mol. The number of halogens is 3. The Hall–Kier alpha value is -3.30. The largest absolute Gasteiger partial charge is 0.462 e. The lowest BCUT2D eigenvalue weighted by atomic mass is 9.97. The number of likely N-dealkylation sites (tertiary alicyclic amines) is 1. The van der Waals surface area contributed by atoms with Crippen LogP contribution in [0.15, 0.2) is 18.2 Å². The zero-order valence-electron chi connectivity index (χ0n) is 23.7. The number of nitriles is 1. The van der Waals surface area contributed by atoms with Gasteiger partial charge in [0.15, 0.2) is 5.82 Å². The van der Waals surface area contributed by atoms with Crippen LogP contribution in [-0.4, -0.2) is 59.9 Å². The zero-order chi connectivity index (χ0) is 29.8. The van der Waals surface area contributed by atoms with Crippen LogP contribution in [0.2, 0.25) is 5.02 Å². The summed E-state index contributed by atoms with van der Waals surface area (Å²) in [5.74, 6) is -0.670. The second kappa shape index (κ2) is 11.1. The predicted molar refractivity (Wildman–Crippen MR) is 164 cm³/mol. The van der Waals surface area contributed by atoms with Gasteiger partial charge in [-0.05, 0) is 63.5 Å². The number of ether oxygens (including phenoxy) is 1. The minimum atomic E-state index is -0.689. The molecule has 4 aromatic rings. The molecule has 0 radical (unpaired) electrons. The number of fused-ring (bicyclic) bond motifs is 2. The van der Waals surface area contributed by atoms with Gasteiger partial charge in [-0.2, -0.15) is 15.2 Å². The molecule has 8 nitrogen and oxygen atoms in total. The fourth-order valence-corrected chi connectivity index (χ4v) is 7.45. The standard InChI is InChI=1S/C28H26ClF2N7OS.C2H6/c1-37-9-2-4-14(37)12-39-27-35-23-16(26(36-27)38-13-28(38)7-3-8-34-28)10-18(29)21(22(23)31)15-5-6-19(30)24-20(15)17(11-32)25(33)40-24;1-2/h5-6,10,14,34H,2-4,7-9,12-13,33H2,1H3;1-2H3. The number of hydrogen-bond donors (Lipinski definition) is 2. The van der Waals surface area contributed by atoms with E-state index in [1.54, 1.807) is 6.07 Å². The number of nitrogen functional groups attached to an aromatic ring is 1. The summed E-state index contributed by atoms with van der Waals surface area (Å²) < 4.78 is 37.6. The van der Waals surface area contributed by atoms with Crippen LogP contribution in [0.4, 0.5) is 19.6 Å². The van der Waals surface area contributed by atoms with Gasteiger partial charge in [0.2, 0.25) is 0 Å². The Kier molecular flexibility index (Phi) is 7.60. The van der Waals surface area contributed by atoms with E-state index in [1.165, 1.54) is 12.1 Å². The van der Waals surface area contributed by atoms with Crippen LogP contribution in [0.1, 0.15) is 45.1 Å². The van der Waals surface area contributed by atoms with Crippen molar-refractivity contribution in [3.8, 4) is 23.2 Å². The molecule has 2 aromatic heterocycles. The van der Waals surface area contributed by atoms with Gasteiger partial charge in [-0.3, -0.25) is 5.32 Å². The van der Waals surface area contributed by atoms with Crippen LogP contribution in [0.25, 0.3) is 32.1 Å². The van der Waals surface area contributed by atoms with E-state index in [9.17, 15) is 9.65 Å². The van der Waals surface area contributed by atoms with Crippen molar-refractivity contribution in [3.63, 3.8) is 0 Å². The van der Waals surface area contributed by atoms with E-state index in [0.717, 1.165) is 56.7 Å². The van der Waals surface area contributed by atoms with Crippen molar-refractivity contribution in [2.75, 3.05) is 43.9 Å². The summed E-state index contributed by atoms with van der Waals surface area (Å²) in [6.45, 7) is 7.04. The first-order valence-corrected chi connectivity index (χ1v) is 15.5. The highest BCUT2D eigenvalue weighted by molar-refractivity contribution is 7.23. The highest BCUT2D eigenvalue weighted by Crippen LogP contribution is 2.48. The lowest BCUT2D eigenvalue weighted by molar-refractivity contribution is 0.188. The predicted octanol–water partition coefficient (Wildman–Crippen LogP) is 6.30. The molecule has 220 valence electrons. The van der Waals surface area contributed by atoms with Crippen molar-refractivity contribution in [3.05, 3.63) is 40.4 Å². The molecule has 3 fully saturated rings. The molecule has 7 rings (SSSR count). The van der Waals surface area contributed by atoms with Crippen molar-refractivity contribution >= 4 is 54.7 Å². The molecule has 0 saturated carbocycles. The smallest absolute Gasteiger partial charge is 0.319 e. The van der Waals surface area contributed by atoms with E-state index < -0.39 is 11.6 Å². The molecule has 42 heavy (non-hydrogen) atoms. The summed E-state index contributed by atoms with van der Waals surface area (Å²) in [6, 6.07) is 6.68. The highest BCUT2D eigenvalue weighted by atomic mass is 35.5. The van der Waals surface area contributed by atoms with Gasteiger partial charge in [-0.1, -0.05) is 31.5 Å². The Labute approximate surface area is 252 Å². The first-order chi connectivity index (χ1) is 20.3. The summed E-state index contributed by atoms with van der Waals surface area (Å²) in [5.41, 5.74) is 6.28. The van der Waals surface area contributed by atoms with Gasteiger partial charge in [0.1, 0.15) is 40.5 Å². The Morgan fingerprint density at radius 2 is 2.10 bits per heavy atom. The van der Waals surface area contributed by atoms with Gasteiger partial charge in [-0.25, -0.2) is 8.78 Å². The fraction of sp³-hybridized carbons (Fsp3) is 0.433. The average molecular weight is 612 g/mol. The average Bonchev–Trinajstić information content (AvgIpc) is 3.28. The second-order valence-electron chi connectivity index (χ2n) is 10.8. The number of likely N-dealkylation sites (N-methyl/N-ethyl adjacent to an activating group) is 1. The number of nitrogens with zero attached hydrogens (tertiary/aromatic N) is 5. The summed E-state index contributed by atoms with van der Waals surface area (Å²) in [7, 11) is 2.06. The first kappa shape index (κ1) is 28.8. The van der Waals surface area contributed by atoms with Gasteiger partial charge < -0.3 is 20.3 Å². The van der Waals surface area contributed by atoms with E-state index >= 15 is 4.39 Å². The Bertz CT molecular complexity index is 1730. The molecule has 3 aliphatic rings. The molecule has 0 amide bonds. The second-order valence-corrected chi connectivity index (χ2v) is 12.2. The van der Waals surface area contributed by atoms with E-state index in [-0.39, 0.29) is 60.0 Å². The van der Waals surface area contributed by atoms with Crippen LogP contribution in [-0.2, 0) is 0 Å². The lowest BCUT2D eigenvalue weighted by Gasteiger charge is -2.20. The minimum absolute atomic E-state index is 0.0269. The van der Waals surface area contributed by atoms with Crippen molar-refractivity contribution < 1.29 is 13.5 Å². The summed E-state index contributed by atoms with van der Waals surface area (Å²) >= 11 is 7.72. The Morgan fingerprint density at radius 1 is 1.29 bits per heavy atom. The number of nitrogens with two attached hydrogens (primary N) is 1. The van der Waals surface area contributed by atoms with Gasteiger partial charge in [0.05, 0.1) is 21.8 Å². The van der Waals surface area contributed by atoms with E-state index in [4.69, 9.17) is 27.1 Å². The molecule has 1 spiro atoms. The molecule has 2 atom stereocenters. The maximum absolute atomic E-state index is 16.6. The summed E-state index contributed by atoms with van der Waals surface area (Å²) in [6.07, 6.45) is 4.11. The lowest BCUT2D eigenvalue weighted by Crippen LogP contribution is -2.31. The number of benzene rings is 2. The summed E-state index contributed by atoms with van der Waals surface area (Å²) in [5, 5.41) is 14.3. The van der Waals surface area contributed by atoms with E-state index in [2.05, 4.69) is 27.1 Å². The number of anilines is 2. The fourth-order valence-electron chi connectivity index (χ4n) is 6.21. The maximum Gasteiger partial charge on any atom is 0.319 e. The monoisotopic (exact) mass is 611 g/mol. The molecule has 2 unspecified atom stereocenters. The van der Waals surface area contributed by atoms with Crippen molar-refractivity contribution in [2.45, 2.75) is 51.2 Å². The molecule has 2 aromatic carbocycles. The third-order valence-corrected chi connectivity index (χ3v) is 9.75. The Morgan fingerprint density at radius 3 is 2.79 bits per heavy atom. The van der Waals surface area contributed by atoms with Crippen molar-refractivity contribution in [2.24, 2.45) is 0 Å². The topological polar surface area (TPSA) is 103 Å². The van der Waals surface area contributed by atoms with Crippen molar-refractivity contribution in [1.29, 1.82) is 5.26 Å². The van der Waals surface area contributed by atoms with Crippen LogP contribution in [0, 0.1) is 23.0 Å². The van der Waals surface area contributed by atoms with Crippen LogP contribution < -0.4 is 20.7 Å². The highest BCUT2D eigenvalue weighted by Gasteiger charge is 2.55. The molecule has 12 heteroatoms. The van der Waals surface area contributed by atoms with Crippen LogP contribution in [0.5, 0.6) is 6.01 Å². The third kappa shape index (κ3) is 4.61. The minimum Gasteiger partial charge on any atom is -0.462 e. The van der Waals surface area contributed by atoms with Gasteiger partial charge in [0, 0.05) is 22.4 Å². The molecule has 5 heterocycles. The first-order valence-electron chi connectivity index (χ1n) is 14.3. The van der Waals surface area contributed by atoms with Gasteiger partial charge in [-0.15, -0.1) is 11.3 Å². The quantitative estimate of drug-likeness (QED) is 0.254. The SMILES string of the molecule is CC.CN1CCCC1COc1nc(N2CC23CCCN3)c2cc(Cl)c(-c3ccc(F)c4sc(N)c(C#N)c34)c(F)c2n1. The summed E-state index contributed by atoms with van der Waals surface area (Å²) in [4.78, 5) is 13.6. The van der Waals surface area contributed by atoms with Gasteiger partial charge in [0.25, 0.3) is 0 Å². The zero-order valence-corrected chi connectivity index (χ0v) is 25.3. The maximum atomic E-state index is 16.6. The molecule has 3 N–H and O–H groups in total. The van der Waals surface area contributed by atoms with Gasteiger partial charge >= 0.3 is 6.01 Å². The van der Waals surface area contributed by atoms with Crippen LogP contribution >= 0.6 is 22.9 Å². The third-order valence-electron chi connectivity index (χ3n) is 8.43. The molecule has 3 aliphatic heterocycles. The van der Waals surface area contributed by atoms with E-state index in [1.807, 2.05) is 19.9 Å². The molecule has 0 bridgehead atoms. The van der Waals surface area contributed by atoms with Crippen LogP contribution in [0.3, 0.4) is 0 Å². The number of thiophene rings is 1. The molecule has 0 aliphatic carbocycles. The number of rotatable bonds is 5. The normalized spacial score (nSPS) is 21.6. The molecule has 3 saturated heterocycles. The number of aromatic nitrogens is 2. The Balaban J connectivity index is 0.00000155. The number of nitrogens with one attached hydrogen (secondary N) is 1. The van der Waals surface area contributed by atoms with Crippen molar-refractivity contribution in [1.82, 2.24) is 20.2 Å². The molecular formula is C30H32ClF2N7OS. The number of hydrogen-bond acceptors (Lipinski definition) is 9.